The molecule has 0 fully saturated rings. The fourth-order valence-electron chi connectivity index (χ4n) is 9.46. The van der Waals surface area contributed by atoms with Crippen LogP contribution in [0.3, 0.4) is 0 Å². The molecule has 7 aromatic carbocycles. The van der Waals surface area contributed by atoms with Crippen LogP contribution in [0.1, 0.15) is 52.7 Å². The van der Waals surface area contributed by atoms with Crippen LogP contribution in [0.5, 0.6) is 0 Å². The lowest BCUT2D eigenvalue weighted by Crippen LogP contribution is -2.61. The Bertz CT molecular complexity index is 2890. The molecule has 0 amide bonds. The number of hydrogen-bond donors (Lipinski definition) is 0. The molecular formula is C54H45BN2S2. The highest BCUT2D eigenvalue weighted by molar-refractivity contribution is 7.24. The summed E-state index contributed by atoms with van der Waals surface area (Å²) in [6, 6.07) is 61.6. The number of benzene rings is 7. The molecule has 9 aromatic rings. The summed E-state index contributed by atoms with van der Waals surface area (Å²) in [6.07, 6.45) is 0. The summed E-state index contributed by atoms with van der Waals surface area (Å²) in [7, 11) is 0. The van der Waals surface area contributed by atoms with Gasteiger partial charge in [0.05, 0.1) is 0 Å². The third-order valence-corrected chi connectivity index (χ3v) is 14.7. The molecule has 2 aliphatic rings. The summed E-state index contributed by atoms with van der Waals surface area (Å²) in [5.74, 6) is 0. The summed E-state index contributed by atoms with van der Waals surface area (Å²) in [6.45, 7) is 14.1. The van der Waals surface area contributed by atoms with Gasteiger partial charge in [0.1, 0.15) is 10.0 Å². The van der Waals surface area contributed by atoms with Gasteiger partial charge in [0.25, 0.3) is 6.71 Å². The van der Waals surface area contributed by atoms with Gasteiger partial charge in [-0.25, -0.2) is 0 Å². The summed E-state index contributed by atoms with van der Waals surface area (Å²) in [4.78, 5) is 5.23. The van der Waals surface area contributed by atoms with Crippen LogP contribution in [0.2, 0.25) is 0 Å². The minimum Gasteiger partial charge on any atom is -0.302 e. The molecule has 2 nitrogen and oxygen atoms in total. The standard InChI is InChI=1S/C54H45BN2S2/c1-53(2,3)36-28-30-42-40(32-36)55-41-33-37(54(4,5)6)29-31-43(41)57(52-49(35-20-11-8-12-21-35)39-23-14-16-27-47(39)59-52)45-25-17-24-44(50(45)55)56(42)51-48(34-18-9-7-10-19-34)38-22-13-15-26-46(38)58-51/h7-33H,1-6H3. The van der Waals surface area contributed by atoms with Crippen molar-refractivity contribution in [1.82, 2.24) is 0 Å². The normalized spacial score (nSPS) is 13.5. The van der Waals surface area contributed by atoms with Crippen LogP contribution in [-0.2, 0) is 10.8 Å². The molecule has 2 aromatic heterocycles. The van der Waals surface area contributed by atoms with Gasteiger partial charge in [-0.2, -0.15) is 0 Å². The molecule has 0 unspecified atom stereocenters. The second kappa shape index (κ2) is 13.3. The van der Waals surface area contributed by atoms with Crippen LogP contribution < -0.4 is 26.2 Å². The van der Waals surface area contributed by atoms with Gasteiger partial charge in [-0.15, -0.1) is 22.7 Å². The third-order valence-electron chi connectivity index (χ3n) is 12.4. The van der Waals surface area contributed by atoms with Gasteiger partial charge >= 0.3 is 0 Å². The summed E-state index contributed by atoms with van der Waals surface area (Å²) in [5.41, 5.74) is 16.8. The van der Waals surface area contributed by atoms with Gasteiger partial charge in [-0.1, -0.05) is 169 Å². The molecule has 2 aliphatic heterocycles. The average Bonchev–Trinajstić information content (AvgIpc) is 3.82. The van der Waals surface area contributed by atoms with Gasteiger partial charge in [-0.3, -0.25) is 0 Å². The Balaban J connectivity index is 1.27. The molecular weight excluding hydrogens is 752 g/mol. The molecule has 11 rings (SSSR count). The van der Waals surface area contributed by atoms with Gasteiger partial charge < -0.3 is 9.80 Å². The number of nitrogens with zero attached hydrogens (tertiary/aromatic N) is 2. The first-order valence-corrected chi connectivity index (χ1v) is 22.4. The van der Waals surface area contributed by atoms with Crippen LogP contribution in [0, 0.1) is 0 Å². The van der Waals surface area contributed by atoms with Gasteiger partial charge in [-0.05, 0) is 85.9 Å². The Kier molecular flexibility index (Phi) is 8.18. The van der Waals surface area contributed by atoms with E-state index in [4.69, 9.17) is 0 Å². The highest BCUT2D eigenvalue weighted by Crippen LogP contribution is 2.54. The Hall–Kier alpha value is -5.88. The molecule has 0 radical (unpaired) electrons. The predicted molar refractivity (Wildman–Crippen MR) is 260 cm³/mol. The number of rotatable bonds is 4. The van der Waals surface area contributed by atoms with E-state index in [-0.39, 0.29) is 17.5 Å². The van der Waals surface area contributed by atoms with E-state index >= 15 is 0 Å². The average molecular weight is 797 g/mol. The highest BCUT2D eigenvalue weighted by Gasteiger charge is 2.45. The fraction of sp³-hybridized carbons (Fsp3) is 0.148. The quantitative estimate of drug-likeness (QED) is 0.164. The van der Waals surface area contributed by atoms with Crippen LogP contribution in [0.25, 0.3) is 42.4 Å². The molecule has 5 heteroatoms. The zero-order chi connectivity index (χ0) is 40.2. The molecule has 0 saturated heterocycles. The molecule has 286 valence electrons. The second-order valence-corrected chi connectivity index (χ2v) is 20.2. The van der Waals surface area contributed by atoms with Crippen molar-refractivity contribution in [3.8, 4) is 22.3 Å². The predicted octanol–water partition coefficient (Wildman–Crippen LogP) is 14.1. The van der Waals surface area contributed by atoms with Crippen molar-refractivity contribution in [2.24, 2.45) is 0 Å². The lowest BCUT2D eigenvalue weighted by atomic mass is 9.33. The topological polar surface area (TPSA) is 6.48 Å². The van der Waals surface area contributed by atoms with E-state index in [2.05, 4.69) is 215 Å². The first kappa shape index (κ1) is 36.2. The molecule has 59 heavy (non-hydrogen) atoms. The lowest BCUT2D eigenvalue weighted by molar-refractivity contribution is 0.590. The maximum atomic E-state index is 2.61. The zero-order valence-electron chi connectivity index (χ0n) is 34.4. The first-order chi connectivity index (χ1) is 28.6. The van der Waals surface area contributed by atoms with Crippen molar-refractivity contribution in [3.63, 3.8) is 0 Å². The fourth-order valence-corrected chi connectivity index (χ4v) is 12.0. The Labute approximate surface area is 356 Å². The second-order valence-electron chi connectivity index (χ2n) is 18.1. The van der Waals surface area contributed by atoms with Crippen molar-refractivity contribution in [2.75, 3.05) is 9.80 Å². The van der Waals surface area contributed by atoms with E-state index in [0.717, 1.165) is 0 Å². The molecule has 4 heterocycles. The summed E-state index contributed by atoms with van der Waals surface area (Å²) >= 11 is 3.80. The smallest absolute Gasteiger partial charge is 0.252 e. The first-order valence-electron chi connectivity index (χ1n) is 20.7. The Morgan fingerprint density at radius 2 is 0.814 bits per heavy atom. The van der Waals surface area contributed by atoms with Gasteiger partial charge in [0.15, 0.2) is 0 Å². The van der Waals surface area contributed by atoms with E-state index in [0.29, 0.717) is 0 Å². The molecule has 0 aliphatic carbocycles. The minimum absolute atomic E-state index is 0.0229. The molecule has 0 bridgehead atoms. The largest absolute Gasteiger partial charge is 0.302 e. The van der Waals surface area contributed by atoms with Crippen molar-refractivity contribution in [3.05, 3.63) is 175 Å². The minimum atomic E-state index is -0.0229. The number of hydrogen-bond acceptors (Lipinski definition) is 4. The molecule has 0 spiro atoms. The Morgan fingerprint density at radius 3 is 1.24 bits per heavy atom. The van der Waals surface area contributed by atoms with Crippen molar-refractivity contribution >= 4 is 98.7 Å². The maximum absolute atomic E-state index is 2.61. The molecule has 0 atom stereocenters. The highest BCUT2D eigenvalue weighted by atomic mass is 32.1. The van der Waals surface area contributed by atoms with Gasteiger partial charge in [0, 0.05) is 54.0 Å². The van der Waals surface area contributed by atoms with Crippen LogP contribution in [0.4, 0.5) is 32.8 Å². The van der Waals surface area contributed by atoms with Crippen LogP contribution in [0.15, 0.2) is 164 Å². The van der Waals surface area contributed by atoms with Crippen molar-refractivity contribution in [1.29, 1.82) is 0 Å². The van der Waals surface area contributed by atoms with E-state index < -0.39 is 0 Å². The van der Waals surface area contributed by atoms with E-state index in [1.807, 2.05) is 22.7 Å². The lowest BCUT2D eigenvalue weighted by Gasteiger charge is -2.44. The van der Waals surface area contributed by atoms with E-state index in [9.17, 15) is 0 Å². The van der Waals surface area contributed by atoms with Crippen molar-refractivity contribution in [2.45, 2.75) is 52.4 Å². The number of fused-ring (bicyclic) bond motifs is 6. The van der Waals surface area contributed by atoms with Crippen LogP contribution >= 0.6 is 22.7 Å². The molecule has 0 N–H and O–H groups in total. The monoisotopic (exact) mass is 796 g/mol. The number of anilines is 6. The summed E-state index contributed by atoms with van der Waals surface area (Å²) < 4.78 is 2.58. The van der Waals surface area contributed by atoms with Crippen molar-refractivity contribution < 1.29 is 0 Å². The summed E-state index contributed by atoms with van der Waals surface area (Å²) in [5, 5.41) is 5.08. The maximum Gasteiger partial charge on any atom is 0.252 e. The zero-order valence-corrected chi connectivity index (χ0v) is 36.0. The molecule has 0 saturated carbocycles. The number of thiophene rings is 2. The SMILES string of the molecule is CC(C)(C)c1ccc2c(c1)B1c3cc(C(C)(C)C)ccc3N(c3sc4ccccc4c3-c3ccccc3)c3cccc(c31)N2c1sc2ccccc2c1-c1ccccc1. The third kappa shape index (κ3) is 5.66. The Morgan fingerprint density at radius 1 is 0.407 bits per heavy atom. The van der Waals surface area contributed by atoms with E-state index in [1.54, 1.807) is 0 Å². The van der Waals surface area contributed by atoms with Crippen LogP contribution in [-0.4, -0.2) is 6.71 Å². The van der Waals surface area contributed by atoms with E-state index in [1.165, 1.54) is 103 Å². The van der Waals surface area contributed by atoms with Gasteiger partial charge in [0.2, 0.25) is 0 Å².